The van der Waals surface area contributed by atoms with Gasteiger partial charge in [0.2, 0.25) is 11.8 Å². The normalized spacial score (nSPS) is 19.6. The number of fused-ring (bicyclic) bond motifs is 1. The number of hydrogen-bond acceptors (Lipinski definition) is 3. The molecule has 0 bridgehead atoms. The second kappa shape index (κ2) is 6.92. The number of aryl methyl sites for hydroxylation is 1. The van der Waals surface area contributed by atoms with Crippen molar-refractivity contribution in [2.24, 2.45) is 17.4 Å². The second-order valence-electron chi connectivity index (χ2n) is 7.10. The monoisotopic (exact) mass is 351 g/mol. The number of carbonyl (C=O) groups excluding carboxylic acids is 2. The smallest absolute Gasteiger partial charge is 0.248 e. The minimum Gasteiger partial charge on any atom is -0.367 e. The lowest BCUT2D eigenvalue weighted by Crippen LogP contribution is -2.63. The van der Waals surface area contributed by atoms with Crippen molar-refractivity contribution in [3.05, 3.63) is 65.7 Å². The highest BCUT2D eigenvalue weighted by atomic mass is 16.2. The Kier molecular flexibility index (Phi) is 4.83. The van der Waals surface area contributed by atoms with Crippen molar-refractivity contribution < 1.29 is 9.59 Å². The van der Waals surface area contributed by atoms with E-state index in [2.05, 4.69) is 0 Å². The Bertz CT molecular complexity index is 819. The quantitative estimate of drug-likeness (QED) is 0.886. The van der Waals surface area contributed by atoms with Gasteiger partial charge in [0.25, 0.3) is 0 Å². The van der Waals surface area contributed by atoms with E-state index in [9.17, 15) is 9.59 Å². The maximum atomic E-state index is 13.3. The molecule has 0 saturated carbocycles. The number of benzene rings is 2. The molecule has 1 aliphatic heterocycles. The Morgan fingerprint density at radius 3 is 2.35 bits per heavy atom. The van der Waals surface area contributed by atoms with Gasteiger partial charge in [0.05, 0.1) is 6.04 Å². The fourth-order valence-electron chi connectivity index (χ4n) is 3.97. The second-order valence-corrected chi connectivity index (χ2v) is 7.10. The third kappa shape index (κ3) is 2.69. The number of para-hydroxylation sites is 1. The fraction of sp³-hybridized carbons (Fsp3) is 0.333. The van der Waals surface area contributed by atoms with Crippen molar-refractivity contribution in [2.45, 2.75) is 38.3 Å². The Balaban J connectivity index is 2.35. The molecule has 5 heteroatoms. The van der Waals surface area contributed by atoms with E-state index in [-0.39, 0.29) is 11.8 Å². The number of amides is 2. The van der Waals surface area contributed by atoms with Crippen LogP contribution in [0.3, 0.4) is 0 Å². The van der Waals surface area contributed by atoms with Crippen LogP contribution >= 0.6 is 0 Å². The summed E-state index contributed by atoms with van der Waals surface area (Å²) in [4.78, 5) is 27.8. The standard InChI is InChI=1S/C21H25N3O2/c1-14(2)21(20(23)26,16-9-4-3-5-10-16)24-18-11-7-6-8-15(18)12-13-17(22)19(24)25/h3-11,14,17H,12-13,22H2,1-2H3,(H2,23,26). The van der Waals surface area contributed by atoms with Crippen molar-refractivity contribution in [1.29, 1.82) is 0 Å². The van der Waals surface area contributed by atoms with Crippen molar-refractivity contribution in [1.82, 2.24) is 0 Å². The Morgan fingerprint density at radius 2 is 1.73 bits per heavy atom. The van der Waals surface area contributed by atoms with E-state index < -0.39 is 17.5 Å². The average Bonchev–Trinajstić information content (AvgIpc) is 2.75. The molecule has 2 aromatic carbocycles. The average molecular weight is 351 g/mol. The summed E-state index contributed by atoms with van der Waals surface area (Å²) < 4.78 is 0. The number of nitrogens with zero attached hydrogens (tertiary/aromatic N) is 1. The van der Waals surface area contributed by atoms with Crippen LogP contribution in [0.1, 0.15) is 31.4 Å². The minimum absolute atomic E-state index is 0.246. The molecule has 136 valence electrons. The molecule has 2 atom stereocenters. The summed E-state index contributed by atoms with van der Waals surface area (Å²) in [5.74, 6) is -1.08. The fourth-order valence-corrected chi connectivity index (χ4v) is 3.97. The third-order valence-corrected chi connectivity index (χ3v) is 5.27. The van der Waals surface area contributed by atoms with Crippen LogP contribution in [0.4, 0.5) is 5.69 Å². The molecular weight excluding hydrogens is 326 g/mol. The van der Waals surface area contributed by atoms with Gasteiger partial charge < -0.3 is 11.5 Å². The first kappa shape index (κ1) is 18.1. The zero-order valence-electron chi connectivity index (χ0n) is 15.2. The SMILES string of the molecule is CC(C)C(C(N)=O)(c1ccccc1)N1C(=O)C(N)CCc2ccccc21. The highest BCUT2D eigenvalue weighted by Crippen LogP contribution is 2.42. The topological polar surface area (TPSA) is 89.4 Å². The van der Waals surface area contributed by atoms with E-state index in [0.29, 0.717) is 24.1 Å². The Labute approximate surface area is 154 Å². The lowest BCUT2D eigenvalue weighted by atomic mass is 9.76. The predicted molar refractivity (Wildman–Crippen MR) is 102 cm³/mol. The molecule has 1 heterocycles. The third-order valence-electron chi connectivity index (χ3n) is 5.27. The van der Waals surface area contributed by atoms with E-state index in [1.165, 1.54) is 0 Å². The zero-order valence-corrected chi connectivity index (χ0v) is 15.2. The summed E-state index contributed by atoms with van der Waals surface area (Å²) in [6, 6.07) is 16.2. The minimum atomic E-state index is -1.31. The van der Waals surface area contributed by atoms with Gasteiger partial charge in [-0.25, -0.2) is 0 Å². The van der Waals surface area contributed by atoms with Gasteiger partial charge >= 0.3 is 0 Å². The molecule has 0 aromatic heterocycles. The van der Waals surface area contributed by atoms with Gasteiger partial charge in [0.1, 0.15) is 0 Å². The maximum absolute atomic E-state index is 13.3. The largest absolute Gasteiger partial charge is 0.367 e. The summed E-state index contributed by atoms with van der Waals surface area (Å²) in [5, 5.41) is 0. The lowest BCUT2D eigenvalue weighted by Gasteiger charge is -2.45. The van der Waals surface area contributed by atoms with E-state index in [1.807, 2.05) is 68.4 Å². The number of carbonyl (C=O) groups is 2. The summed E-state index contributed by atoms with van der Waals surface area (Å²) in [5.41, 5.74) is 13.2. The van der Waals surface area contributed by atoms with E-state index in [0.717, 1.165) is 5.56 Å². The van der Waals surface area contributed by atoms with Crippen molar-refractivity contribution >= 4 is 17.5 Å². The number of nitrogens with two attached hydrogens (primary N) is 2. The predicted octanol–water partition coefficient (Wildman–Crippen LogP) is 2.33. The van der Waals surface area contributed by atoms with Crippen LogP contribution in [0.5, 0.6) is 0 Å². The number of rotatable bonds is 4. The molecule has 1 aliphatic rings. The van der Waals surface area contributed by atoms with Crippen LogP contribution in [-0.4, -0.2) is 17.9 Å². The van der Waals surface area contributed by atoms with Crippen molar-refractivity contribution in [3.63, 3.8) is 0 Å². The van der Waals surface area contributed by atoms with Crippen LogP contribution in [0, 0.1) is 5.92 Å². The molecule has 0 saturated heterocycles. The summed E-state index contributed by atoms with van der Waals surface area (Å²) >= 11 is 0. The molecule has 3 rings (SSSR count). The van der Waals surface area contributed by atoms with Crippen LogP contribution in [0.2, 0.25) is 0 Å². The molecule has 4 N–H and O–H groups in total. The number of primary amides is 1. The number of hydrogen-bond donors (Lipinski definition) is 2. The molecule has 2 amide bonds. The van der Waals surface area contributed by atoms with Gasteiger partial charge in [-0.2, -0.15) is 0 Å². The Hall–Kier alpha value is -2.66. The van der Waals surface area contributed by atoms with Crippen LogP contribution in [0.15, 0.2) is 54.6 Å². The van der Waals surface area contributed by atoms with E-state index in [4.69, 9.17) is 11.5 Å². The Morgan fingerprint density at radius 1 is 1.12 bits per heavy atom. The molecule has 0 radical (unpaired) electrons. The first-order valence-electron chi connectivity index (χ1n) is 8.93. The molecule has 0 aliphatic carbocycles. The lowest BCUT2D eigenvalue weighted by molar-refractivity contribution is -0.131. The first-order chi connectivity index (χ1) is 12.4. The molecular formula is C21H25N3O2. The molecule has 26 heavy (non-hydrogen) atoms. The van der Waals surface area contributed by atoms with Crippen molar-refractivity contribution in [2.75, 3.05) is 4.90 Å². The zero-order chi connectivity index (χ0) is 18.9. The van der Waals surface area contributed by atoms with Gasteiger partial charge in [-0.1, -0.05) is 62.4 Å². The van der Waals surface area contributed by atoms with Gasteiger partial charge in [-0.05, 0) is 36.0 Å². The van der Waals surface area contributed by atoms with Gasteiger partial charge in [0, 0.05) is 5.69 Å². The van der Waals surface area contributed by atoms with Crippen LogP contribution in [0.25, 0.3) is 0 Å². The first-order valence-corrected chi connectivity index (χ1v) is 8.93. The van der Waals surface area contributed by atoms with Crippen molar-refractivity contribution in [3.8, 4) is 0 Å². The van der Waals surface area contributed by atoms with E-state index in [1.54, 1.807) is 4.90 Å². The summed E-state index contributed by atoms with van der Waals surface area (Å²) in [7, 11) is 0. The molecule has 0 spiro atoms. The highest BCUT2D eigenvalue weighted by Gasteiger charge is 2.51. The molecule has 2 aromatic rings. The van der Waals surface area contributed by atoms with Crippen LogP contribution < -0.4 is 16.4 Å². The molecule has 0 fully saturated rings. The molecule has 5 nitrogen and oxygen atoms in total. The van der Waals surface area contributed by atoms with Gasteiger partial charge in [0.15, 0.2) is 5.54 Å². The summed E-state index contributed by atoms with van der Waals surface area (Å²) in [6.45, 7) is 3.81. The van der Waals surface area contributed by atoms with Crippen LogP contribution in [-0.2, 0) is 21.5 Å². The highest BCUT2D eigenvalue weighted by molar-refractivity contribution is 6.06. The van der Waals surface area contributed by atoms with Gasteiger partial charge in [-0.15, -0.1) is 0 Å². The van der Waals surface area contributed by atoms with Gasteiger partial charge in [-0.3, -0.25) is 14.5 Å². The number of anilines is 1. The maximum Gasteiger partial charge on any atom is 0.248 e. The van der Waals surface area contributed by atoms with E-state index >= 15 is 0 Å². The molecule has 2 unspecified atom stereocenters. The summed E-state index contributed by atoms with van der Waals surface area (Å²) in [6.07, 6.45) is 1.22.